The van der Waals surface area contributed by atoms with E-state index < -0.39 is 0 Å². The molecule has 0 radical (unpaired) electrons. The fraction of sp³-hybridized carbons (Fsp3) is 0.615. The van der Waals surface area contributed by atoms with Gasteiger partial charge in [-0.05, 0) is 12.5 Å². The van der Waals surface area contributed by atoms with Gasteiger partial charge in [0, 0.05) is 25.8 Å². The highest BCUT2D eigenvalue weighted by Gasteiger charge is 1.96. The summed E-state index contributed by atoms with van der Waals surface area (Å²) in [7, 11) is 1.63. The monoisotopic (exact) mass is 238 g/mol. The van der Waals surface area contributed by atoms with Gasteiger partial charge in [0.05, 0.1) is 19.4 Å². The van der Waals surface area contributed by atoms with Crippen LogP contribution in [0.15, 0.2) is 18.2 Å². The van der Waals surface area contributed by atoms with Crippen LogP contribution >= 0.6 is 0 Å². The average molecular weight is 238 g/mol. The largest absolute Gasteiger partial charge is 0.481 e. The van der Waals surface area contributed by atoms with Crippen LogP contribution in [0, 0.1) is 0 Å². The number of pyridine rings is 1. The predicted molar refractivity (Wildman–Crippen MR) is 68.2 cm³/mol. The molecule has 17 heavy (non-hydrogen) atoms. The minimum absolute atomic E-state index is 0.656. The SMILES string of the molecule is CCCCOCCNCc1cccc(OC)n1. The highest BCUT2D eigenvalue weighted by molar-refractivity contribution is 5.15. The third kappa shape index (κ3) is 6.24. The van der Waals surface area contributed by atoms with Crippen molar-refractivity contribution in [3.05, 3.63) is 23.9 Å². The molecule has 1 aromatic heterocycles. The summed E-state index contributed by atoms with van der Waals surface area (Å²) in [6.45, 7) is 5.37. The minimum atomic E-state index is 0.656. The average Bonchev–Trinajstić information content (AvgIpc) is 2.38. The number of rotatable bonds is 9. The van der Waals surface area contributed by atoms with E-state index in [-0.39, 0.29) is 0 Å². The Balaban J connectivity index is 2.09. The lowest BCUT2D eigenvalue weighted by Gasteiger charge is -2.06. The van der Waals surface area contributed by atoms with Crippen LogP contribution in [0.2, 0.25) is 0 Å². The number of nitrogens with one attached hydrogen (secondary N) is 1. The van der Waals surface area contributed by atoms with Gasteiger partial charge in [0.2, 0.25) is 5.88 Å². The van der Waals surface area contributed by atoms with E-state index in [2.05, 4.69) is 17.2 Å². The lowest BCUT2D eigenvalue weighted by molar-refractivity contribution is 0.133. The molecule has 0 fully saturated rings. The van der Waals surface area contributed by atoms with Gasteiger partial charge in [-0.25, -0.2) is 4.98 Å². The zero-order valence-electron chi connectivity index (χ0n) is 10.7. The molecule has 0 unspecified atom stereocenters. The second kappa shape index (κ2) is 8.96. The molecule has 0 atom stereocenters. The van der Waals surface area contributed by atoms with Crippen molar-refractivity contribution in [2.45, 2.75) is 26.3 Å². The van der Waals surface area contributed by atoms with Crippen molar-refractivity contribution in [2.75, 3.05) is 26.9 Å². The number of nitrogens with zero attached hydrogens (tertiary/aromatic N) is 1. The summed E-state index contributed by atoms with van der Waals surface area (Å²) in [5.74, 6) is 0.656. The first-order valence-electron chi connectivity index (χ1n) is 6.15. The molecule has 0 aliphatic carbocycles. The lowest BCUT2D eigenvalue weighted by atomic mass is 10.3. The minimum Gasteiger partial charge on any atom is -0.481 e. The van der Waals surface area contributed by atoms with Crippen molar-refractivity contribution in [2.24, 2.45) is 0 Å². The number of hydrogen-bond acceptors (Lipinski definition) is 4. The Labute approximate surface area is 103 Å². The summed E-state index contributed by atoms with van der Waals surface area (Å²) < 4.78 is 10.5. The van der Waals surface area contributed by atoms with E-state index in [1.165, 1.54) is 6.42 Å². The second-order valence-electron chi connectivity index (χ2n) is 3.81. The summed E-state index contributed by atoms with van der Waals surface area (Å²) in [4.78, 5) is 4.31. The third-order valence-electron chi connectivity index (χ3n) is 2.36. The zero-order chi connectivity index (χ0) is 12.3. The van der Waals surface area contributed by atoms with Gasteiger partial charge in [0.1, 0.15) is 0 Å². The quantitative estimate of drug-likeness (QED) is 0.668. The van der Waals surface area contributed by atoms with Crippen molar-refractivity contribution in [1.29, 1.82) is 0 Å². The summed E-state index contributed by atoms with van der Waals surface area (Å²) in [5, 5.41) is 3.29. The van der Waals surface area contributed by atoms with Gasteiger partial charge in [-0.2, -0.15) is 0 Å². The first-order valence-corrected chi connectivity index (χ1v) is 6.15. The maximum absolute atomic E-state index is 5.45. The number of unbranched alkanes of at least 4 members (excludes halogenated alkanes) is 1. The van der Waals surface area contributed by atoms with Crippen molar-refractivity contribution in [3.63, 3.8) is 0 Å². The predicted octanol–water partition coefficient (Wildman–Crippen LogP) is 2.00. The third-order valence-corrected chi connectivity index (χ3v) is 2.36. The molecule has 1 N–H and O–H groups in total. The fourth-order valence-electron chi connectivity index (χ4n) is 1.38. The van der Waals surface area contributed by atoms with E-state index in [4.69, 9.17) is 9.47 Å². The number of ether oxygens (including phenoxy) is 2. The Morgan fingerprint density at radius 1 is 1.29 bits per heavy atom. The number of methoxy groups -OCH3 is 1. The van der Waals surface area contributed by atoms with E-state index in [0.717, 1.165) is 38.4 Å². The van der Waals surface area contributed by atoms with Crippen LogP contribution < -0.4 is 10.1 Å². The summed E-state index contributed by atoms with van der Waals surface area (Å²) in [6.07, 6.45) is 2.32. The normalized spacial score (nSPS) is 10.5. The van der Waals surface area contributed by atoms with Crippen molar-refractivity contribution >= 4 is 0 Å². The summed E-state index contributed by atoms with van der Waals surface area (Å²) >= 11 is 0. The Hall–Kier alpha value is -1.13. The van der Waals surface area contributed by atoms with Crippen molar-refractivity contribution in [1.82, 2.24) is 10.3 Å². The molecule has 96 valence electrons. The first kappa shape index (κ1) is 13.9. The molecular weight excluding hydrogens is 216 g/mol. The topological polar surface area (TPSA) is 43.4 Å². The standard InChI is InChI=1S/C13H22N2O2/c1-3-4-9-17-10-8-14-11-12-6-5-7-13(15-12)16-2/h5-7,14H,3-4,8-11H2,1-2H3. The molecule has 0 aliphatic rings. The van der Waals surface area contributed by atoms with Gasteiger partial charge >= 0.3 is 0 Å². The zero-order valence-corrected chi connectivity index (χ0v) is 10.7. The molecule has 4 nitrogen and oxygen atoms in total. The number of hydrogen-bond donors (Lipinski definition) is 1. The number of aromatic nitrogens is 1. The smallest absolute Gasteiger partial charge is 0.213 e. The van der Waals surface area contributed by atoms with E-state index in [1.807, 2.05) is 18.2 Å². The van der Waals surface area contributed by atoms with Gasteiger partial charge in [-0.3, -0.25) is 0 Å². The summed E-state index contributed by atoms with van der Waals surface area (Å²) in [5.41, 5.74) is 0.984. The molecule has 0 bridgehead atoms. The van der Waals surface area contributed by atoms with Crippen LogP contribution in [-0.4, -0.2) is 31.9 Å². The van der Waals surface area contributed by atoms with Crippen LogP contribution in [0.5, 0.6) is 5.88 Å². The van der Waals surface area contributed by atoms with E-state index in [1.54, 1.807) is 7.11 Å². The molecule has 1 rings (SSSR count). The van der Waals surface area contributed by atoms with Crippen molar-refractivity contribution < 1.29 is 9.47 Å². The van der Waals surface area contributed by atoms with Crippen LogP contribution in [0.3, 0.4) is 0 Å². The van der Waals surface area contributed by atoms with Crippen LogP contribution in [0.1, 0.15) is 25.5 Å². The van der Waals surface area contributed by atoms with Crippen molar-refractivity contribution in [3.8, 4) is 5.88 Å². The Morgan fingerprint density at radius 3 is 2.94 bits per heavy atom. The molecule has 0 saturated heterocycles. The Morgan fingerprint density at radius 2 is 2.18 bits per heavy atom. The van der Waals surface area contributed by atoms with Gasteiger partial charge in [-0.15, -0.1) is 0 Å². The molecular formula is C13H22N2O2. The highest BCUT2D eigenvalue weighted by atomic mass is 16.5. The molecule has 1 aromatic rings. The molecule has 0 spiro atoms. The fourth-order valence-corrected chi connectivity index (χ4v) is 1.38. The molecule has 1 heterocycles. The molecule has 4 heteroatoms. The lowest BCUT2D eigenvalue weighted by Crippen LogP contribution is -2.20. The van der Waals surface area contributed by atoms with Crippen LogP contribution in [-0.2, 0) is 11.3 Å². The van der Waals surface area contributed by atoms with Gasteiger partial charge in [0.15, 0.2) is 0 Å². The van der Waals surface area contributed by atoms with Crippen LogP contribution in [0.4, 0.5) is 0 Å². The van der Waals surface area contributed by atoms with E-state index in [9.17, 15) is 0 Å². The van der Waals surface area contributed by atoms with Crippen LogP contribution in [0.25, 0.3) is 0 Å². The highest BCUT2D eigenvalue weighted by Crippen LogP contribution is 2.05. The Kier molecular flexibility index (Phi) is 7.34. The van der Waals surface area contributed by atoms with E-state index >= 15 is 0 Å². The van der Waals surface area contributed by atoms with Gasteiger partial charge in [0.25, 0.3) is 0 Å². The molecule has 0 aliphatic heterocycles. The van der Waals surface area contributed by atoms with Gasteiger partial charge < -0.3 is 14.8 Å². The molecule has 0 aromatic carbocycles. The Bertz CT molecular complexity index is 305. The first-order chi connectivity index (χ1) is 8.36. The maximum Gasteiger partial charge on any atom is 0.213 e. The second-order valence-corrected chi connectivity index (χ2v) is 3.81. The maximum atomic E-state index is 5.45. The molecule has 0 saturated carbocycles. The van der Waals surface area contributed by atoms with Gasteiger partial charge in [-0.1, -0.05) is 19.4 Å². The molecule has 0 amide bonds. The summed E-state index contributed by atoms with van der Waals surface area (Å²) in [6, 6.07) is 5.77. The van der Waals surface area contributed by atoms with E-state index in [0.29, 0.717) is 5.88 Å².